The van der Waals surface area contributed by atoms with Crippen LogP contribution in [-0.4, -0.2) is 70.9 Å². The predicted octanol–water partition coefficient (Wildman–Crippen LogP) is 5.95. The van der Waals surface area contributed by atoms with Gasteiger partial charge < -0.3 is 29.9 Å². The fraction of sp³-hybridized carbons (Fsp3) is 0.343. The minimum absolute atomic E-state index is 0.0161. The first-order chi connectivity index (χ1) is 21.6. The molecule has 0 fully saturated rings. The van der Waals surface area contributed by atoms with Crippen LogP contribution in [0.2, 0.25) is 0 Å². The van der Waals surface area contributed by atoms with Crippen LogP contribution in [-0.2, 0) is 6.54 Å². The Labute approximate surface area is 264 Å². The number of aryl methyl sites for hydroxylation is 2. The molecule has 0 saturated carbocycles. The van der Waals surface area contributed by atoms with Gasteiger partial charge in [-0.2, -0.15) is 0 Å². The highest BCUT2D eigenvalue weighted by Crippen LogP contribution is 2.31. The summed E-state index contributed by atoms with van der Waals surface area (Å²) in [6.07, 6.45) is -0.236. The number of ether oxygens (including phenoxy) is 1. The SMILES string of the molecule is Cc1noc(C)c1NC(=O)Nc1ccc2c(c1)C(=O)N([C@@H](C)CO)C[C@H](C)[C@@H](CN(C)Cc1ccc(-c3ccccc3)cc1)O2. The molecule has 3 amide bonds. The first-order valence-electron chi connectivity index (χ1n) is 15.2. The Morgan fingerprint density at radius 2 is 1.78 bits per heavy atom. The molecule has 5 rings (SSSR count). The van der Waals surface area contributed by atoms with Crippen molar-refractivity contribution in [2.45, 2.75) is 46.4 Å². The molecule has 0 unspecified atom stereocenters. The van der Waals surface area contributed by atoms with Crippen molar-refractivity contribution in [3.8, 4) is 16.9 Å². The molecule has 0 bridgehead atoms. The molecule has 0 saturated heterocycles. The van der Waals surface area contributed by atoms with Crippen molar-refractivity contribution in [1.82, 2.24) is 15.0 Å². The number of anilines is 2. The number of benzene rings is 3. The smallest absolute Gasteiger partial charge is 0.323 e. The normalized spacial score (nSPS) is 17.2. The van der Waals surface area contributed by atoms with Gasteiger partial charge in [-0.3, -0.25) is 9.69 Å². The van der Waals surface area contributed by atoms with Gasteiger partial charge in [0.2, 0.25) is 0 Å². The molecule has 45 heavy (non-hydrogen) atoms. The van der Waals surface area contributed by atoms with Crippen LogP contribution >= 0.6 is 0 Å². The Morgan fingerprint density at radius 3 is 2.44 bits per heavy atom. The van der Waals surface area contributed by atoms with Gasteiger partial charge in [0, 0.05) is 31.2 Å². The molecule has 0 aliphatic carbocycles. The van der Waals surface area contributed by atoms with E-state index in [-0.39, 0.29) is 24.5 Å². The third kappa shape index (κ3) is 7.53. The Morgan fingerprint density at radius 1 is 1.07 bits per heavy atom. The molecule has 10 heteroatoms. The van der Waals surface area contributed by atoms with Crippen molar-refractivity contribution in [2.24, 2.45) is 5.92 Å². The standard InChI is InChI=1S/C35H41N5O5/c1-22-18-40(23(2)21-41)34(42)30-17-29(36-35(43)37-33-24(3)38-45-25(33)4)15-16-31(30)44-32(22)20-39(5)19-26-11-13-28(14-12-26)27-9-7-6-8-10-27/h6-17,22-23,32,41H,18-21H2,1-5H3,(H2,36,37,43)/t22-,23-,32+/m0/s1. The average molecular weight is 612 g/mol. The second kappa shape index (κ2) is 14.0. The van der Waals surface area contributed by atoms with Crippen molar-refractivity contribution in [3.05, 3.63) is 95.4 Å². The molecule has 4 aromatic rings. The molecule has 3 aromatic carbocycles. The molecule has 2 heterocycles. The van der Waals surface area contributed by atoms with E-state index < -0.39 is 12.1 Å². The third-order valence-corrected chi connectivity index (χ3v) is 8.20. The molecule has 1 aromatic heterocycles. The number of carbonyl (C=O) groups excluding carboxylic acids is 2. The van der Waals surface area contributed by atoms with E-state index in [0.29, 0.717) is 47.2 Å². The van der Waals surface area contributed by atoms with Crippen molar-refractivity contribution in [1.29, 1.82) is 0 Å². The van der Waals surface area contributed by atoms with E-state index in [0.717, 1.165) is 6.54 Å². The Balaban J connectivity index is 1.33. The lowest BCUT2D eigenvalue weighted by Crippen LogP contribution is -2.49. The summed E-state index contributed by atoms with van der Waals surface area (Å²) >= 11 is 0. The minimum atomic E-state index is -0.492. The first kappa shape index (κ1) is 31.7. The minimum Gasteiger partial charge on any atom is -0.488 e. The summed E-state index contributed by atoms with van der Waals surface area (Å²) in [5.41, 5.74) is 5.35. The zero-order chi connectivity index (χ0) is 32.1. The van der Waals surface area contributed by atoms with Crippen LogP contribution in [0.4, 0.5) is 16.2 Å². The maximum Gasteiger partial charge on any atom is 0.323 e. The van der Waals surface area contributed by atoms with E-state index in [2.05, 4.69) is 71.1 Å². The van der Waals surface area contributed by atoms with Gasteiger partial charge in [0.1, 0.15) is 23.2 Å². The van der Waals surface area contributed by atoms with Crippen LogP contribution in [0.1, 0.15) is 41.2 Å². The van der Waals surface area contributed by atoms with Crippen LogP contribution in [0.25, 0.3) is 11.1 Å². The lowest BCUT2D eigenvalue weighted by atomic mass is 9.99. The fourth-order valence-electron chi connectivity index (χ4n) is 5.57. The van der Waals surface area contributed by atoms with E-state index >= 15 is 0 Å². The summed E-state index contributed by atoms with van der Waals surface area (Å²) in [6, 6.07) is 23.0. The molecule has 3 N–H and O–H groups in total. The number of fused-ring (bicyclic) bond motifs is 1. The highest BCUT2D eigenvalue weighted by molar-refractivity contribution is 6.03. The van der Waals surface area contributed by atoms with Crippen LogP contribution in [0.15, 0.2) is 77.3 Å². The van der Waals surface area contributed by atoms with Crippen molar-refractivity contribution in [2.75, 3.05) is 37.4 Å². The molecule has 0 radical (unpaired) electrons. The number of aliphatic hydroxyl groups is 1. The molecule has 10 nitrogen and oxygen atoms in total. The number of rotatable bonds is 9. The summed E-state index contributed by atoms with van der Waals surface area (Å²) in [5, 5.41) is 19.4. The Bertz CT molecular complexity index is 1600. The first-order valence-corrected chi connectivity index (χ1v) is 15.2. The van der Waals surface area contributed by atoms with Gasteiger partial charge in [0.25, 0.3) is 5.91 Å². The number of aromatic nitrogens is 1. The van der Waals surface area contributed by atoms with E-state index in [1.54, 1.807) is 36.9 Å². The number of nitrogens with zero attached hydrogens (tertiary/aromatic N) is 3. The second-order valence-electron chi connectivity index (χ2n) is 11.9. The molecule has 0 spiro atoms. The maximum atomic E-state index is 13.8. The predicted molar refractivity (Wildman–Crippen MR) is 174 cm³/mol. The molecule has 1 aliphatic heterocycles. The van der Waals surface area contributed by atoms with E-state index in [4.69, 9.17) is 9.26 Å². The molecular formula is C35H41N5O5. The van der Waals surface area contributed by atoms with Gasteiger partial charge in [0.05, 0.1) is 18.2 Å². The highest BCUT2D eigenvalue weighted by atomic mass is 16.5. The van der Waals surface area contributed by atoms with Crippen LogP contribution in [0.3, 0.4) is 0 Å². The van der Waals surface area contributed by atoms with Crippen LogP contribution in [0, 0.1) is 19.8 Å². The largest absolute Gasteiger partial charge is 0.488 e. The van der Waals surface area contributed by atoms with E-state index in [1.807, 2.05) is 25.1 Å². The zero-order valence-corrected chi connectivity index (χ0v) is 26.4. The average Bonchev–Trinajstić information content (AvgIpc) is 3.35. The third-order valence-electron chi connectivity index (χ3n) is 8.20. The number of urea groups is 1. The Kier molecular flexibility index (Phi) is 9.85. The Hall–Kier alpha value is -4.67. The lowest BCUT2D eigenvalue weighted by Gasteiger charge is -2.38. The van der Waals surface area contributed by atoms with Gasteiger partial charge >= 0.3 is 6.03 Å². The summed E-state index contributed by atoms with van der Waals surface area (Å²) in [5.74, 6) is 0.646. The number of likely N-dealkylation sites (N-methyl/N-ethyl adjacent to an activating group) is 1. The van der Waals surface area contributed by atoms with Gasteiger partial charge in [-0.05, 0) is 62.7 Å². The number of hydrogen-bond acceptors (Lipinski definition) is 7. The van der Waals surface area contributed by atoms with Gasteiger partial charge in [-0.25, -0.2) is 4.79 Å². The van der Waals surface area contributed by atoms with Crippen molar-refractivity contribution >= 4 is 23.3 Å². The van der Waals surface area contributed by atoms with E-state index in [9.17, 15) is 14.7 Å². The number of amides is 3. The van der Waals surface area contributed by atoms with Crippen molar-refractivity contribution < 1.29 is 24.0 Å². The molecular weight excluding hydrogens is 570 g/mol. The molecule has 3 atom stereocenters. The van der Waals surface area contributed by atoms with Gasteiger partial charge in [-0.15, -0.1) is 0 Å². The number of nitrogens with one attached hydrogen (secondary N) is 2. The van der Waals surface area contributed by atoms with Gasteiger partial charge in [-0.1, -0.05) is 66.7 Å². The summed E-state index contributed by atoms with van der Waals surface area (Å²) in [6.45, 7) is 8.93. The van der Waals surface area contributed by atoms with Crippen LogP contribution in [0.5, 0.6) is 5.75 Å². The second-order valence-corrected chi connectivity index (χ2v) is 11.9. The highest BCUT2D eigenvalue weighted by Gasteiger charge is 2.33. The zero-order valence-electron chi connectivity index (χ0n) is 26.4. The monoisotopic (exact) mass is 611 g/mol. The van der Waals surface area contributed by atoms with E-state index in [1.165, 1.54) is 16.7 Å². The maximum absolute atomic E-state index is 13.8. The molecule has 236 valence electrons. The lowest BCUT2D eigenvalue weighted by molar-refractivity contribution is 0.0341. The summed E-state index contributed by atoms with van der Waals surface area (Å²) < 4.78 is 11.7. The van der Waals surface area contributed by atoms with Gasteiger partial charge in [0.15, 0.2) is 5.76 Å². The number of carbonyl (C=O) groups is 2. The topological polar surface area (TPSA) is 120 Å². The number of aliphatic hydroxyl groups excluding tert-OH is 1. The summed E-state index contributed by atoms with van der Waals surface area (Å²) in [4.78, 5) is 30.5. The number of hydrogen-bond donors (Lipinski definition) is 3. The van der Waals surface area contributed by atoms with Crippen LogP contribution < -0.4 is 15.4 Å². The quantitative estimate of drug-likeness (QED) is 0.214. The molecule has 1 aliphatic rings. The van der Waals surface area contributed by atoms with Crippen molar-refractivity contribution in [3.63, 3.8) is 0 Å². The fourth-order valence-corrected chi connectivity index (χ4v) is 5.57. The summed E-state index contributed by atoms with van der Waals surface area (Å²) in [7, 11) is 2.06.